The Morgan fingerprint density at radius 1 is 1.35 bits per heavy atom. The van der Waals surface area contributed by atoms with Gasteiger partial charge >= 0.3 is 0 Å². The highest BCUT2D eigenvalue weighted by molar-refractivity contribution is 5.63. The molecule has 0 bridgehead atoms. The zero-order valence-electron chi connectivity index (χ0n) is 12.4. The van der Waals surface area contributed by atoms with Gasteiger partial charge in [-0.3, -0.25) is 9.20 Å². The van der Waals surface area contributed by atoms with Gasteiger partial charge in [-0.1, -0.05) is 6.07 Å². The molecule has 0 saturated heterocycles. The molecular weight excluding hydrogens is 298 g/mol. The Bertz CT molecular complexity index is 844. The Morgan fingerprint density at radius 2 is 2.22 bits per heavy atom. The van der Waals surface area contributed by atoms with Crippen molar-refractivity contribution in [2.45, 2.75) is 6.54 Å². The summed E-state index contributed by atoms with van der Waals surface area (Å²) < 4.78 is 11.8. The Labute approximate surface area is 132 Å². The maximum Gasteiger partial charge on any atom is 0.299 e. The molecule has 0 aliphatic rings. The van der Waals surface area contributed by atoms with Crippen molar-refractivity contribution in [2.75, 3.05) is 12.4 Å². The van der Waals surface area contributed by atoms with Gasteiger partial charge in [0.05, 0.1) is 12.8 Å². The number of rotatable bonds is 6. The first kappa shape index (κ1) is 14.7. The molecule has 0 aliphatic carbocycles. The predicted molar refractivity (Wildman–Crippen MR) is 83.9 cm³/mol. The zero-order chi connectivity index (χ0) is 16.2. The molecule has 3 aromatic rings. The first-order valence-corrected chi connectivity index (χ1v) is 6.89. The summed E-state index contributed by atoms with van der Waals surface area (Å²) in [6.45, 7) is 0.843. The third-order valence-electron chi connectivity index (χ3n) is 3.40. The maximum atomic E-state index is 10.8. The number of carbonyl (C=O) groups is 1. The van der Waals surface area contributed by atoms with Crippen molar-refractivity contribution in [1.82, 2.24) is 9.38 Å². The quantitative estimate of drug-likeness (QED) is 0.679. The van der Waals surface area contributed by atoms with Gasteiger partial charge in [-0.15, -0.1) is 0 Å². The summed E-state index contributed by atoms with van der Waals surface area (Å²) >= 11 is 0. The monoisotopic (exact) mass is 313 g/mol. The number of nitrogens with one attached hydrogen (secondary N) is 1. The molecule has 7 nitrogen and oxygen atoms in total. The van der Waals surface area contributed by atoms with Crippen LogP contribution >= 0.6 is 0 Å². The molecule has 2 N–H and O–H groups in total. The first-order valence-electron chi connectivity index (χ1n) is 6.89. The van der Waals surface area contributed by atoms with Crippen molar-refractivity contribution in [2.24, 2.45) is 0 Å². The Hall–Kier alpha value is -3.22. The number of methoxy groups -OCH3 is 1. The van der Waals surface area contributed by atoms with Gasteiger partial charge in [-0.05, 0) is 29.8 Å². The van der Waals surface area contributed by atoms with E-state index in [-0.39, 0.29) is 5.75 Å². The van der Waals surface area contributed by atoms with Gasteiger partial charge in [-0.2, -0.15) is 0 Å². The summed E-state index contributed by atoms with van der Waals surface area (Å²) in [5.74, 6) is 0.848. The number of fused-ring (bicyclic) bond motifs is 1. The number of hydrogen-bond acceptors (Lipinski definition) is 6. The number of hydrogen-bond donors (Lipinski definition) is 2. The smallest absolute Gasteiger partial charge is 0.299 e. The van der Waals surface area contributed by atoms with E-state index < -0.39 is 0 Å². The molecular formula is C16H15N3O4. The number of pyridine rings is 1. The number of aromatic hydroxyl groups is 1. The van der Waals surface area contributed by atoms with E-state index in [0.29, 0.717) is 36.0 Å². The topological polar surface area (TPSA) is 85.1 Å². The number of imidazole rings is 1. The molecule has 0 fully saturated rings. The predicted octanol–water partition coefficient (Wildman–Crippen LogP) is 2.20. The number of ether oxygens (including phenoxy) is 2. The van der Waals surface area contributed by atoms with Gasteiger partial charge < -0.3 is 19.9 Å². The largest absolute Gasteiger partial charge is 0.504 e. The number of benzene rings is 1. The molecule has 0 radical (unpaired) electrons. The minimum atomic E-state index is 0.0843. The summed E-state index contributed by atoms with van der Waals surface area (Å²) in [5.41, 5.74) is 2.23. The van der Waals surface area contributed by atoms with Crippen molar-refractivity contribution in [3.05, 3.63) is 48.3 Å². The minimum absolute atomic E-state index is 0.0843. The van der Waals surface area contributed by atoms with E-state index in [9.17, 15) is 9.90 Å². The fourth-order valence-electron chi connectivity index (χ4n) is 2.30. The van der Waals surface area contributed by atoms with Crippen LogP contribution in [0.1, 0.15) is 5.56 Å². The molecule has 3 rings (SSSR count). The average molecular weight is 313 g/mol. The lowest BCUT2D eigenvalue weighted by atomic mass is 10.2. The van der Waals surface area contributed by atoms with E-state index in [1.54, 1.807) is 41.1 Å². The van der Waals surface area contributed by atoms with Gasteiger partial charge in [0, 0.05) is 18.9 Å². The van der Waals surface area contributed by atoms with Crippen LogP contribution in [-0.4, -0.2) is 28.1 Å². The number of carbonyl (C=O) groups excluding carboxylic acids is 1. The number of phenols is 1. The molecule has 0 aliphatic heterocycles. The Balaban J connectivity index is 1.86. The molecule has 2 aromatic heterocycles. The molecule has 1 aromatic carbocycles. The van der Waals surface area contributed by atoms with Crippen LogP contribution in [-0.2, 0) is 11.3 Å². The van der Waals surface area contributed by atoms with E-state index in [1.807, 2.05) is 6.07 Å². The molecule has 7 heteroatoms. The second-order valence-electron chi connectivity index (χ2n) is 4.78. The lowest BCUT2D eigenvalue weighted by Crippen LogP contribution is -2.05. The van der Waals surface area contributed by atoms with E-state index in [4.69, 9.17) is 9.47 Å². The molecule has 0 atom stereocenters. The Kier molecular flexibility index (Phi) is 4.01. The van der Waals surface area contributed by atoms with Crippen LogP contribution in [0.4, 0.5) is 5.69 Å². The van der Waals surface area contributed by atoms with Crippen LogP contribution in [0.5, 0.6) is 17.4 Å². The standard InChI is InChI=1S/C16H15N3O4/c1-22-14-8-11(2-4-13(14)21)9-18-12-3-5-15-17-6-7-19(15)16(12)23-10-20/h2-8,10,18,21H,9H2,1H3. The molecule has 0 unspecified atom stereocenters. The van der Waals surface area contributed by atoms with Crippen LogP contribution < -0.4 is 14.8 Å². The molecule has 118 valence electrons. The molecule has 0 spiro atoms. The van der Waals surface area contributed by atoms with Crippen molar-refractivity contribution < 1.29 is 19.4 Å². The molecule has 23 heavy (non-hydrogen) atoms. The fourth-order valence-corrected chi connectivity index (χ4v) is 2.30. The van der Waals surface area contributed by atoms with Gasteiger partial charge in [0.2, 0.25) is 5.88 Å². The van der Waals surface area contributed by atoms with Crippen molar-refractivity contribution in [3.8, 4) is 17.4 Å². The van der Waals surface area contributed by atoms with Gasteiger partial charge in [0.25, 0.3) is 6.47 Å². The lowest BCUT2D eigenvalue weighted by molar-refractivity contribution is -0.120. The summed E-state index contributed by atoms with van der Waals surface area (Å²) in [6, 6.07) is 8.69. The Morgan fingerprint density at radius 3 is 3.00 bits per heavy atom. The molecule has 0 amide bonds. The summed E-state index contributed by atoms with van der Waals surface area (Å²) in [5, 5.41) is 12.8. The second kappa shape index (κ2) is 6.27. The van der Waals surface area contributed by atoms with Crippen molar-refractivity contribution in [3.63, 3.8) is 0 Å². The third kappa shape index (κ3) is 2.89. The van der Waals surface area contributed by atoms with E-state index >= 15 is 0 Å². The highest BCUT2D eigenvalue weighted by Gasteiger charge is 2.10. The molecule has 2 heterocycles. The highest BCUT2D eigenvalue weighted by atomic mass is 16.5. The summed E-state index contributed by atoms with van der Waals surface area (Å²) in [4.78, 5) is 14.9. The van der Waals surface area contributed by atoms with Crippen molar-refractivity contribution in [1.29, 1.82) is 0 Å². The normalized spacial score (nSPS) is 10.5. The van der Waals surface area contributed by atoms with Crippen LogP contribution in [0.3, 0.4) is 0 Å². The van der Waals surface area contributed by atoms with E-state index in [1.165, 1.54) is 7.11 Å². The number of anilines is 1. The maximum absolute atomic E-state index is 10.8. The highest BCUT2D eigenvalue weighted by Crippen LogP contribution is 2.28. The fraction of sp³-hybridized carbons (Fsp3) is 0.125. The SMILES string of the molecule is COc1cc(CNc2ccc3nccn3c2OC=O)ccc1O. The van der Waals surface area contributed by atoms with Crippen molar-refractivity contribution >= 4 is 17.8 Å². The summed E-state index contributed by atoms with van der Waals surface area (Å²) in [7, 11) is 1.50. The zero-order valence-corrected chi connectivity index (χ0v) is 12.4. The third-order valence-corrected chi connectivity index (χ3v) is 3.40. The minimum Gasteiger partial charge on any atom is -0.504 e. The lowest BCUT2D eigenvalue weighted by Gasteiger charge is -2.13. The van der Waals surface area contributed by atoms with E-state index in [2.05, 4.69) is 10.3 Å². The van der Waals surface area contributed by atoms with Crippen LogP contribution in [0.15, 0.2) is 42.7 Å². The van der Waals surface area contributed by atoms with Crippen LogP contribution in [0, 0.1) is 0 Å². The van der Waals surface area contributed by atoms with Crippen LogP contribution in [0.2, 0.25) is 0 Å². The number of nitrogens with zero attached hydrogens (tertiary/aromatic N) is 2. The van der Waals surface area contributed by atoms with Gasteiger partial charge in [0.15, 0.2) is 11.5 Å². The first-order chi connectivity index (χ1) is 11.2. The number of aromatic nitrogens is 2. The van der Waals surface area contributed by atoms with Gasteiger partial charge in [-0.25, -0.2) is 4.98 Å². The molecule has 0 saturated carbocycles. The van der Waals surface area contributed by atoms with Crippen LogP contribution in [0.25, 0.3) is 5.65 Å². The average Bonchev–Trinajstić information content (AvgIpc) is 3.04. The number of phenolic OH excluding ortho intramolecular Hbond substituents is 1. The van der Waals surface area contributed by atoms with E-state index in [0.717, 1.165) is 5.56 Å². The van der Waals surface area contributed by atoms with Gasteiger partial charge in [0.1, 0.15) is 5.65 Å². The second-order valence-corrected chi connectivity index (χ2v) is 4.78. The summed E-state index contributed by atoms with van der Waals surface area (Å²) in [6.07, 6.45) is 3.34.